The van der Waals surface area contributed by atoms with Gasteiger partial charge >= 0.3 is 5.97 Å². The van der Waals surface area contributed by atoms with Gasteiger partial charge in [-0.2, -0.15) is 0 Å². The molecular formula is C12H11ClO2. The zero-order valence-corrected chi connectivity index (χ0v) is 8.96. The summed E-state index contributed by atoms with van der Waals surface area (Å²) in [5.41, 5.74) is 0.525. The summed E-state index contributed by atoms with van der Waals surface area (Å²) in [5, 5.41) is 0.673. The molecule has 2 nitrogen and oxygen atoms in total. The molecule has 1 aliphatic rings. The molecule has 3 heteroatoms. The number of ether oxygens (including phenoxy) is 1. The highest BCUT2D eigenvalue weighted by molar-refractivity contribution is 6.30. The van der Waals surface area contributed by atoms with E-state index in [1.165, 1.54) is 6.26 Å². The van der Waals surface area contributed by atoms with Gasteiger partial charge in [0.1, 0.15) is 0 Å². The van der Waals surface area contributed by atoms with E-state index in [0.29, 0.717) is 5.02 Å². The second-order valence-electron chi connectivity index (χ2n) is 3.66. The number of esters is 1. The van der Waals surface area contributed by atoms with E-state index in [0.717, 1.165) is 18.4 Å². The van der Waals surface area contributed by atoms with E-state index in [1.54, 1.807) is 12.1 Å². The zero-order chi connectivity index (χ0) is 10.9. The minimum Gasteiger partial charge on any atom is -0.434 e. The zero-order valence-electron chi connectivity index (χ0n) is 8.20. The van der Waals surface area contributed by atoms with Crippen LogP contribution in [0.15, 0.2) is 37.1 Å². The predicted octanol–water partition coefficient (Wildman–Crippen LogP) is 3.06. The Morgan fingerprint density at radius 1 is 1.40 bits per heavy atom. The van der Waals surface area contributed by atoms with Crippen LogP contribution in [0.2, 0.25) is 5.02 Å². The van der Waals surface area contributed by atoms with Gasteiger partial charge in [-0.25, -0.2) is 0 Å². The van der Waals surface area contributed by atoms with Crippen molar-refractivity contribution in [3.05, 3.63) is 47.7 Å². The van der Waals surface area contributed by atoms with Crippen LogP contribution in [0.5, 0.6) is 0 Å². The van der Waals surface area contributed by atoms with Gasteiger partial charge in [0.05, 0.1) is 11.7 Å². The molecule has 0 aromatic heterocycles. The van der Waals surface area contributed by atoms with Crippen LogP contribution in [0.4, 0.5) is 0 Å². The minimum atomic E-state index is -0.446. The first kappa shape index (κ1) is 10.2. The Morgan fingerprint density at radius 3 is 2.47 bits per heavy atom. The first-order chi connectivity index (χ1) is 7.19. The summed E-state index contributed by atoms with van der Waals surface area (Å²) in [6.07, 6.45) is 2.85. The molecule has 0 N–H and O–H groups in total. The maximum atomic E-state index is 11.7. The molecule has 0 bridgehead atoms. The average Bonchev–Trinajstić information content (AvgIpc) is 3.00. The summed E-state index contributed by atoms with van der Waals surface area (Å²) in [4.78, 5) is 11.7. The van der Waals surface area contributed by atoms with Gasteiger partial charge in [0.2, 0.25) is 0 Å². The van der Waals surface area contributed by atoms with Crippen molar-refractivity contribution < 1.29 is 9.53 Å². The van der Waals surface area contributed by atoms with Gasteiger partial charge in [0.25, 0.3) is 0 Å². The molecule has 0 unspecified atom stereocenters. The summed E-state index contributed by atoms with van der Waals surface area (Å²) < 4.78 is 4.85. The molecule has 0 spiro atoms. The van der Waals surface area contributed by atoms with Crippen molar-refractivity contribution in [2.45, 2.75) is 18.3 Å². The lowest BCUT2D eigenvalue weighted by Gasteiger charge is -2.12. The molecule has 1 fully saturated rings. The SMILES string of the molecule is C=COC(=O)C1(c2ccc(Cl)cc2)CC1. The van der Waals surface area contributed by atoms with Crippen molar-refractivity contribution in [2.24, 2.45) is 0 Å². The molecule has 0 aliphatic heterocycles. The second kappa shape index (κ2) is 3.70. The number of hydrogen-bond donors (Lipinski definition) is 0. The van der Waals surface area contributed by atoms with Gasteiger partial charge in [0, 0.05) is 5.02 Å². The molecule has 0 amide bonds. The van der Waals surface area contributed by atoms with Gasteiger partial charge in [-0.05, 0) is 30.5 Å². The first-order valence-corrected chi connectivity index (χ1v) is 5.15. The van der Waals surface area contributed by atoms with E-state index in [4.69, 9.17) is 16.3 Å². The molecule has 1 saturated carbocycles. The summed E-state index contributed by atoms with van der Waals surface area (Å²) >= 11 is 5.79. The number of hydrogen-bond acceptors (Lipinski definition) is 2. The van der Waals surface area contributed by atoms with Crippen molar-refractivity contribution in [3.63, 3.8) is 0 Å². The van der Waals surface area contributed by atoms with Crippen molar-refractivity contribution in [2.75, 3.05) is 0 Å². The van der Waals surface area contributed by atoms with Gasteiger partial charge in [-0.3, -0.25) is 4.79 Å². The molecule has 0 saturated heterocycles. The Kier molecular flexibility index (Phi) is 2.53. The smallest absolute Gasteiger partial charge is 0.321 e. The Labute approximate surface area is 93.5 Å². The fraction of sp³-hybridized carbons (Fsp3) is 0.250. The van der Waals surface area contributed by atoms with Crippen LogP contribution in [-0.4, -0.2) is 5.97 Å². The van der Waals surface area contributed by atoms with Gasteiger partial charge < -0.3 is 4.74 Å². The quantitative estimate of drug-likeness (QED) is 0.581. The Hall–Kier alpha value is -1.28. The van der Waals surface area contributed by atoms with Crippen LogP contribution in [0.3, 0.4) is 0 Å². The van der Waals surface area contributed by atoms with Gasteiger partial charge in [-0.1, -0.05) is 30.3 Å². The maximum absolute atomic E-state index is 11.7. The first-order valence-electron chi connectivity index (χ1n) is 4.77. The predicted molar refractivity (Wildman–Crippen MR) is 58.7 cm³/mol. The number of rotatable bonds is 3. The molecule has 78 valence electrons. The number of carbonyl (C=O) groups is 1. The molecule has 0 radical (unpaired) electrons. The topological polar surface area (TPSA) is 26.3 Å². The van der Waals surface area contributed by atoms with Crippen molar-refractivity contribution in [1.82, 2.24) is 0 Å². The normalized spacial score (nSPS) is 16.9. The Balaban J connectivity index is 2.26. The molecule has 0 atom stereocenters. The average molecular weight is 223 g/mol. The van der Waals surface area contributed by atoms with E-state index in [-0.39, 0.29) is 5.97 Å². The highest BCUT2D eigenvalue weighted by Crippen LogP contribution is 2.49. The monoisotopic (exact) mass is 222 g/mol. The highest BCUT2D eigenvalue weighted by Gasteiger charge is 2.52. The van der Waals surface area contributed by atoms with E-state index < -0.39 is 5.41 Å². The summed E-state index contributed by atoms with van der Waals surface area (Å²) in [7, 11) is 0. The third-order valence-corrected chi connectivity index (χ3v) is 2.98. The summed E-state index contributed by atoms with van der Waals surface area (Å²) in [6, 6.07) is 7.33. The third-order valence-electron chi connectivity index (χ3n) is 2.73. The second-order valence-corrected chi connectivity index (χ2v) is 4.10. The highest BCUT2D eigenvalue weighted by atomic mass is 35.5. The van der Waals surface area contributed by atoms with E-state index in [2.05, 4.69) is 6.58 Å². The molecule has 1 aromatic carbocycles. The summed E-state index contributed by atoms with van der Waals surface area (Å²) in [5.74, 6) is -0.222. The Morgan fingerprint density at radius 2 is 2.00 bits per heavy atom. The van der Waals surface area contributed by atoms with E-state index in [9.17, 15) is 4.79 Å². The maximum Gasteiger partial charge on any atom is 0.321 e. The van der Waals surface area contributed by atoms with Crippen molar-refractivity contribution in [3.8, 4) is 0 Å². The molecule has 15 heavy (non-hydrogen) atoms. The van der Waals surface area contributed by atoms with Crippen LogP contribution in [-0.2, 0) is 14.9 Å². The molecular weight excluding hydrogens is 212 g/mol. The Bertz CT molecular complexity index is 391. The van der Waals surface area contributed by atoms with Crippen LogP contribution < -0.4 is 0 Å². The molecule has 1 aromatic rings. The standard InChI is InChI=1S/C12H11ClO2/c1-2-15-11(14)12(7-8-12)9-3-5-10(13)6-4-9/h2-6H,1,7-8H2. The van der Waals surface area contributed by atoms with E-state index >= 15 is 0 Å². The van der Waals surface area contributed by atoms with Crippen molar-refractivity contribution in [1.29, 1.82) is 0 Å². The van der Waals surface area contributed by atoms with Gasteiger partial charge in [0.15, 0.2) is 0 Å². The fourth-order valence-electron chi connectivity index (χ4n) is 1.69. The van der Waals surface area contributed by atoms with Crippen molar-refractivity contribution >= 4 is 17.6 Å². The van der Waals surface area contributed by atoms with Crippen LogP contribution in [0, 0.1) is 0 Å². The number of benzene rings is 1. The van der Waals surface area contributed by atoms with E-state index in [1.807, 2.05) is 12.1 Å². The van der Waals surface area contributed by atoms with Gasteiger partial charge in [-0.15, -0.1) is 0 Å². The lowest BCUT2D eigenvalue weighted by Crippen LogP contribution is -2.21. The lowest BCUT2D eigenvalue weighted by atomic mass is 9.96. The molecule has 0 heterocycles. The molecule has 2 rings (SSSR count). The van der Waals surface area contributed by atoms with Crippen LogP contribution >= 0.6 is 11.6 Å². The largest absolute Gasteiger partial charge is 0.434 e. The van der Waals surface area contributed by atoms with Crippen LogP contribution in [0.1, 0.15) is 18.4 Å². The fourth-order valence-corrected chi connectivity index (χ4v) is 1.82. The molecule has 1 aliphatic carbocycles. The number of carbonyl (C=O) groups excluding carboxylic acids is 1. The number of halogens is 1. The summed E-state index contributed by atoms with van der Waals surface area (Å²) in [6.45, 7) is 3.39. The van der Waals surface area contributed by atoms with Crippen LogP contribution in [0.25, 0.3) is 0 Å². The third kappa shape index (κ3) is 1.77. The lowest BCUT2D eigenvalue weighted by molar-refractivity contribution is -0.141. The minimum absolute atomic E-state index is 0.222.